The number of hydrogen-bond acceptors (Lipinski definition) is 5. The lowest BCUT2D eigenvalue weighted by molar-refractivity contribution is 0.507. The van der Waals surface area contributed by atoms with E-state index in [0.29, 0.717) is 6.54 Å². The average Bonchev–Trinajstić information content (AvgIpc) is 2.86. The number of aromatic nitrogens is 2. The van der Waals surface area contributed by atoms with Crippen LogP contribution in [0, 0.1) is 20.8 Å². The molecule has 2 aromatic heterocycles. The van der Waals surface area contributed by atoms with Crippen LogP contribution < -0.4 is 5.73 Å². The third kappa shape index (κ3) is 2.73. The maximum absolute atomic E-state index is 5.78. The molecule has 0 spiro atoms. The van der Waals surface area contributed by atoms with Gasteiger partial charge < -0.3 is 10.2 Å². The van der Waals surface area contributed by atoms with E-state index in [4.69, 9.17) is 10.2 Å². The third-order valence-electron chi connectivity index (χ3n) is 2.93. The van der Waals surface area contributed by atoms with Gasteiger partial charge in [-0.05, 0) is 38.5 Å². The average molecular weight is 263 g/mol. The van der Waals surface area contributed by atoms with Gasteiger partial charge in [0.2, 0.25) is 0 Å². The van der Waals surface area contributed by atoms with Crippen LogP contribution in [0.25, 0.3) is 0 Å². The fourth-order valence-electron chi connectivity index (χ4n) is 1.62. The molecule has 0 aromatic carbocycles. The van der Waals surface area contributed by atoms with Crippen molar-refractivity contribution in [3.63, 3.8) is 0 Å². The lowest BCUT2D eigenvalue weighted by atomic mass is 10.2. The number of furan rings is 1. The summed E-state index contributed by atoms with van der Waals surface area (Å²) in [7, 11) is 0. The Balaban J connectivity index is 2.23. The summed E-state index contributed by atoms with van der Waals surface area (Å²) < 4.78 is 5.39. The molecule has 5 heteroatoms. The zero-order valence-electron chi connectivity index (χ0n) is 10.8. The van der Waals surface area contributed by atoms with Crippen LogP contribution in [0.3, 0.4) is 0 Å². The molecule has 0 saturated heterocycles. The minimum Gasteiger partial charge on any atom is -0.468 e. The smallest absolute Gasteiger partial charge is 0.188 e. The second-order valence-corrected chi connectivity index (χ2v) is 5.33. The first kappa shape index (κ1) is 13.1. The van der Waals surface area contributed by atoms with Gasteiger partial charge in [0.05, 0.1) is 11.5 Å². The van der Waals surface area contributed by atoms with E-state index in [1.807, 2.05) is 32.9 Å². The van der Waals surface area contributed by atoms with E-state index in [9.17, 15) is 0 Å². The molecule has 0 aliphatic rings. The molecule has 0 fully saturated rings. The van der Waals surface area contributed by atoms with Crippen LogP contribution in [0.15, 0.2) is 28.0 Å². The van der Waals surface area contributed by atoms with Crippen molar-refractivity contribution in [3.8, 4) is 0 Å². The second-order valence-electron chi connectivity index (χ2n) is 4.16. The van der Waals surface area contributed by atoms with Gasteiger partial charge in [0.15, 0.2) is 5.16 Å². The second kappa shape index (κ2) is 5.54. The summed E-state index contributed by atoms with van der Waals surface area (Å²) in [5.74, 6) is 0.863. The largest absolute Gasteiger partial charge is 0.468 e. The van der Waals surface area contributed by atoms with Gasteiger partial charge >= 0.3 is 0 Å². The molecule has 0 amide bonds. The molecule has 4 nitrogen and oxygen atoms in total. The predicted molar refractivity (Wildman–Crippen MR) is 72.6 cm³/mol. The highest BCUT2D eigenvalue weighted by Gasteiger charge is 2.16. The van der Waals surface area contributed by atoms with Crippen LogP contribution >= 0.6 is 11.8 Å². The summed E-state index contributed by atoms with van der Waals surface area (Å²) in [6.45, 7) is 6.52. The molecule has 18 heavy (non-hydrogen) atoms. The third-order valence-corrected chi connectivity index (χ3v) is 4.04. The molecule has 1 unspecified atom stereocenters. The van der Waals surface area contributed by atoms with E-state index >= 15 is 0 Å². The fraction of sp³-hybridized carbons (Fsp3) is 0.385. The van der Waals surface area contributed by atoms with Crippen molar-refractivity contribution in [3.05, 3.63) is 41.1 Å². The van der Waals surface area contributed by atoms with Crippen molar-refractivity contribution < 1.29 is 4.42 Å². The summed E-state index contributed by atoms with van der Waals surface area (Å²) in [4.78, 5) is 8.97. The molecule has 0 saturated carbocycles. The van der Waals surface area contributed by atoms with E-state index in [0.717, 1.165) is 27.9 Å². The van der Waals surface area contributed by atoms with Gasteiger partial charge in [0, 0.05) is 17.9 Å². The Kier molecular flexibility index (Phi) is 4.04. The molecule has 2 N–H and O–H groups in total. The fourth-order valence-corrected chi connectivity index (χ4v) is 2.60. The molecule has 2 aromatic rings. The molecule has 0 bridgehead atoms. The van der Waals surface area contributed by atoms with Crippen LogP contribution in [0.2, 0.25) is 0 Å². The zero-order valence-corrected chi connectivity index (χ0v) is 11.6. The highest BCUT2D eigenvalue weighted by molar-refractivity contribution is 7.99. The summed E-state index contributed by atoms with van der Waals surface area (Å²) >= 11 is 1.54. The standard InChI is InChI=1S/C13H17N3OS/c1-8-9(2)15-13(16-10(8)3)18-12(7-14)11-5-4-6-17-11/h4-6,12H,7,14H2,1-3H3. The molecule has 2 rings (SSSR count). The van der Waals surface area contributed by atoms with Crippen LogP contribution in [0.5, 0.6) is 0 Å². The van der Waals surface area contributed by atoms with E-state index in [1.54, 1.807) is 18.0 Å². The van der Waals surface area contributed by atoms with Crippen LogP contribution in [-0.4, -0.2) is 16.5 Å². The van der Waals surface area contributed by atoms with Gasteiger partial charge in [-0.2, -0.15) is 0 Å². The number of nitrogens with zero attached hydrogens (tertiary/aromatic N) is 2. The lowest BCUT2D eigenvalue weighted by Crippen LogP contribution is -2.10. The Hall–Kier alpha value is -1.33. The van der Waals surface area contributed by atoms with Gasteiger partial charge in [-0.25, -0.2) is 9.97 Å². The maximum Gasteiger partial charge on any atom is 0.188 e. The summed E-state index contributed by atoms with van der Waals surface area (Å²) in [5, 5.41) is 0.809. The van der Waals surface area contributed by atoms with Gasteiger partial charge in [0.1, 0.15) is 5.76 Å². The topological polar surface area (TPSA) is 64.9 Å². The first-order chi connectivity index (χ1) is 8.61. The first-order valence-corrected chi connectivity index (χ1v) is 6.71. The van der Waals surface area contributed by atoms with Crippen molar-refractivity contribution in [2.75, 3.05) is 6.54 Å². The highest BCUT2D eigenvalue weighted by atomic mass is 32.2. The Labute approximate surface area is 111 Å². The highest BCUT2D eigenvalue weighted by Crippen LogP contribution is 2.33. The minimum absolute atomic E-state index is 0.0570. The Morgan fingerprint density at radius 1 is 1.28 bits per heavy atom. The van der Waals surface area contributed by atoms with Crippen molar-refractivity contribution >= 4 is 11.8 Å². The van der Waals surface area contributed by atoms with Crippen molar-refractivity contribution in [2.45, 2.75) is 31.2 Å². The monoisotopic (exact) mass is 263 g/mol. The lowest BCUT2D eigenvalue weighted by Gasteiger charge is -2.12. The van der Waals surface area contributed by atoms with E-state index in [2.05, 4.69) is 9.97 Å². The number of hydrogen-bond donors (Lipinski definition) is 1. The van der Waals surface area contributed by atoms with Gasteiger partial charge in [-0.15, -0.1) is 0 Å². The van der Waals surface area contributed by atoms with Gasteiger partial charge in [-0.3, -0.25) is 0 Å². The molecular formula is C13H17N3OS. The minimum atomic E-state index is 0.0570. The molecule has 1 atom stereocenters. The molecule has 0 radical (unpaired) electrons. The maximum atomic E-state index is 5.78. The van der Waals surface area contributed by atoms with Crippen LogP contribution in [0.4, 0.5) is 0 Å². The number of thioether (sulfide) groups is 1. The summed E-state index contributed by atoms with van der Waals surface area (Å²) in [6.07, 6.45) is 1.66. The number of aryl methyl sites for hydroxylation is 2. The zero-order chi connectivity index (χ0) is 13.1. The summed E-state index contributed by atoms with van der Waals surface area (Å²) in [6, 6.07) is 3.80. The SMILES string of the molecule is Cc1nc(SC(CN)c2ccco2)nc(C)c1C. The molecule has 0 aliphatic heterocycles. The molecule has 0 aliphatic carbocycles. The van der Waals surface area contributed by atoms with E-state index in [1.165, 1.54) is 0 Å². The van der Waals surface area contributed by atoms with Crippen molar-refractivity contribution in [1.29, 1.82) is 0 Å². The van der Waals surface area contributed by atoms with Crippen LogP contribution in [-0.2, 0) is 0 Å². The van der Waals surface area contributed by atoms with Gasteiger partial charge in [-0.1, -0.05) is 11.8 Å². The first-order valence-electron chi connectivity index (χ1n) is 5.83. The summed E-state index contributed by atoms with van der Waals surface area (Å²) in [5.41, 5.74) is 8.95. The van der Waals surface area contributed by atoms with E-state index in [-0.39, 0.29) is 5.25 Å². The van der Waals surface area contributed by atoms with Crippen molar-refractivity contribution in [1.82, 2.24) is 9.97 Å². The number of nitrogens with two attached hydrogens (primary N) is 1. The Bertz CT molecular complexity index is 502. The van der Waals surface area contributed by atoms with Gasteiger partial charge in [0.25, 0.3) is 0 Å². The number of rotatable bonds is 4. The van der Waals surface area contributed by atoms with Crippen LogP contribution in [0.1, 0.15) is 28.0 Å². The molecule has 96 valence electrons. The Morgan fingerprint density at radius 3 is 2.44 bits per heavy atom. The van der Waals surface area contributed by atoms with E-state index < -0.39 is 0 Å². The Morgan fingerprint density at radius 2 is 1.94 bits per heavy atom. The quantitative estimate of drug-likeness (QED) is 0.678. The molecular weight excluding hydrogens is 246 g/mol. The van der Waals surface area contributed by atoms with Crippen molar-refractivity contribution in [2.24, 2.45) is 5.73 Å². The normalized spacial score (nSPS) is 12.7. The molecule has 2 heterocycles. The predicted octanol–water partition coefficient (Wildman–Crippen LogP) is 2.79.